The number of esters is 1. The van der Waals surface area contributed by atoms with Crippen molar-refractivity contribution >= 4 is 23.3 Å². The minimum Gasteiger partial charge on any atom is -0.497 e. The highest BCUT2D eigenvalue weighted by molar-refractivity contribution is 7.80. The first-order valence-electron chi connectivity index (χ1n) is 11.6. The number of carbonyl (C=O) groups excluding carboxylic acids is 1. The van der Waals surface area contributed by atoms with Crippen molar-refractivity contribution in [2.75, 3.05) is 7.11 Å². The van der Waals surface area contributed by atoms with Crippen LogP contribution in [-0.2, 0) is 22.6 Å². The third kappa shape index (κ3) is 6.09. The van der Waals surface area contributed by atoms with Crippen LogP contribution < -0.4 is 15.4 Å². The second-order valence-corrected chi connectivity index (χ2v) is 8.98. The molecule has 7 heteroatoms. The maximum absolute atomic E-state index is 13.5. The number of hydrogen-bond acceptors (Lipinski definition) is 5. The molecule has 0 saturated carbocycles. The van der Waals surface area contributed by atoms with E-state index < -0.39 is 12.0 Å². The molecule has 0 aromatic heterocycles. The lowest BCUT2D eigenvalue weighted by Crippen LogP contribution is -2.45. The number of nitrogens with zero attached hydrogens (tertiary/aromatic N) is 1. The van der Waals surface area contributed by atoms with Gasteiger partial charge in [-0.15, -0.1) is 0 Å². The topological polar surface area (TPSA) is 83.4 Å². The molecule has 1 heterocycles. The Hall–Kier alpha value is -4.15. The molecule has 4 rings (SSSR count). The Morgan fingerprint density at radius 3 is 2.53 bits per heavy atom. The van der Waals surface area contributed by atoms with Crippen LogP contribution in [0.4, 0.5) is 0 Å². The maximum atomic E-state index is 13.5. The molecule has 1 unspecified atom stereocenters. The Balaban J connectivity index is 1.64. The average molecular weight is 498 g/mol. The minimum atomic E-state index is -0.447. The van der Waals surface area contributed by atoms with Gasteiger partial charge in [0, 0.05) is 5.70 Å². The lowest BCUT2D eigenvalue weighted by Gasteiger charge is -2.31. The number of rotatable bonds is 8. The summed E-state index contributed by atoms with van der Waals surface area (Å²) in [6.07, 6.45) is 1.25. The van der Waals surface area contributed by atoms with E-state index in [2.05, 4.69) is 16.7 Å². The van der Waals surface area contributed by atoms with Gasteiger partial charge in [0.05, 0.1) is 30.4 Å². The van der Waals surface area contributed by atoms with Crippen LogP contribution in [0.5, 0.6) is 5.75 Å². The molecule has 0 radical (unpaired) electrons. The van der Waals surface area contributed by atoms with Gasteiger partial charge in [-0.2, -0.15) is 5.26 Å². The highest BCUT2D eigenvalue weighted by atomic mass is 32.1. The normalized spacial score (nSPS) is 14.9. The molecule has 0 saturated heterocycles. The highest BCUT2D eigenvalue weighted by Gasteiger charge is 2.32. The van der Waals surface area contributed by atoms with Crippen molar-refractivity contribution in [2.45, 2.75) is 32.4 Å². The predicted molar refractivity (Wildman–Crippen MR) is 142 cm³/mol. The number of benzene rings is 3. The number of ether oxygens (including phenoxy) is 2. The third-order valence-electron chi connectivity index (χ3n) is 6.01. The van der Waals surface area contributed by atoms with Crippen LogP contribution in [0.2, 0.25) is 0 Å². The molecule has 1 aliphatic heterocycles. The maximum Gasteiger partial charge on any atom is 0.338 e. The first-order valence-corrected chi connectivity index (χ1v) is 12.0. The molecule has 0 amide bonds. The Bertz CT molecular complexity index is 1340. The number of methoxy groups -OCH3 is 1. The summed E-state index contributed by atoms with van der Waals surface area (Å²) in [4.78, 5) is 13.5. The van der Waals surface area contributed by atoms with E-state index in [4.69, 9.17) is 27.0 Å². The summed E-state index contributed by atoms with van der Waals surface area (Å²) in [5, 5.41) is 16.1. The number of nitriles is 1. The van der Waals surface area contributed by atoms with E-state index >= 15 is 0 Å². The number of thiocarbonyl (C=S) groups is 1. The Kier molecular flexibility index (Phi) is 7.99. The van der Waals surface area contributed by atoms with Crippen LogP contribution in [0.15, 0.2) is 84.1 Å². The Labute approximate surface area is 216 Å². The van der Waals surface area contributed by atoms with Crippen LogP contribution in [0, 0.1) is 18.3 Å². The molecule has 3 aromatic rings. The summed E-state index contributed by atoms with van der Waals surface area (Å²) in [6.45, 7) is 2.08. The van der Waals surface area contributed by atoms with Crippen molar-refractivity contribution < 1.29 is 14.3 Å². The smallest absolute Gasteiger partial charge is 0.338 e. The van der Waals surface area contributed by atoms with E-state index in [0.29, 0.717) is 29.1 Å². The lowest BCUT2D eigenvalue weighted by atomic mass is 9.92. The van der Waals surface area contributed by atoms with Crippen molar-refractivity contribution in [3.05, 3.63) is 112 Å². The molecule has 2 N–H and O–H groups in total. The lowest BCUT2D eigenvalue weighted by molar-refractivity contribution is -0.140. The zero-order chi connectivity index (χ0) is 25.5. The first kappa shape index (κ1) is 25.0. The van der Waals surface area contributed by atoms with Gasteiger partial charge in [-0.25, -0.2) is 4.79 Å². The third-order valence-corrected chi connectivity index (χ3v) is 6.23. The fourth-order valence-electron chi connectivity index (χ4n) is 4.12. The molecule has 36 heavy (non-hydrogen) atoms. The van der Waals surface area contributed by atoms with Gasteiger partial charge < -0.3 is 20.1 Å². The zero-order valence-electron chi connectivity index (χ0n) is 20.2. The van der Waals surface area contributed by atoms with Gasteiger partial charge in [0.1, 0.15) is 12.4 Å². The van der Waals surface area contributed by atoms with Crippen LogP contribution in [-0.4, -0.2) is 18.2 Å². The van der Waals surface area contributed by atoms with E-state index in [-0.39, 0.29) is 6.61 Å². The quantitative estimate of drug-likeness (QED) is 0.334. The fourth-order valence-corrected chi connectivity index (χ4v) is 4.36. The number of hydrogen-bond donors (Lipinski definition) is 2. The second-order valence-electron chi connectivity index (χ2n) is 8.57. The standard InChI is InChI=1S/C29H27N3O3S/c1-19-9-12-23(13-10-19)27-26(28(33)35-18-22-7-3-6-21(15-22)17-30)25(31-29(36)32-27)14-11-20-5-4-8-24(16-20)34-2/h3-10,12-13,15-16,27H,11,14,18H2,1-2H3,(H2,31,32,36). The number of allylic oxidation sites excluding steroid dienone is 1. The van der Waals surface area contributed by atoms with Crippen molar-refractivity contribution in [1.82, 2.24) is 10.6 Å². The summed E-state index contributed by atoms with van der Waals surface area (Å²) in [6, 6.07) is 24.6. The van der Waals surface area contributed by atoms with Crippen LogP contribution in [0.1, 0.15) is 40.3 Å². The molecule has 182 valence electrons. The molecule has 1 aliphatic rings. The van der Waals surface area contributed by atoms with Crippen LogP contribution >= 0.6 is 12.2 Å². The molecule has 3 aromatic carbocycles. The molecule has 6 nitrogen and oxygen atoms in total. The molecule has 0 bridgehead atoms. The molecule has 1 atom stereocenters. The zero-order valence-corrected chi connectivity index (χ0v) is 21.0. The molecular weight excluding hydrogens is 470 g/mol. The van der Waals surface area contributed by atoms with Gasteiger partial charge in [0.2, 0.25) is 0 Å². The van der Waals surface area contributed by atoms with E-state index in [1.807, 2.05) is 61.5 Å². The van der Waals surface area contributed by atoms with Crippen LogP contribution in [0.25, 0.3) is 0 Å². The summed E-state index contributed by atoms with van der Waals surface area (Å²) in [5.74, 6) is 0.345. The largest absolute Gasteiger partial charge is 0.497 e. The molecular formula is C29H27N3O3S. The summed E-state index contributed by atoms with van der Waals surface area (Å²) < 4.78 is 11.1. The first-order chi connectivity index (χ1) is 17.5. The van der Waals surface area contributed by atoms with Gasteiger partial charge in [0.25, 0.3) is 0 Å². The average Bonchev–Trinajstić information content (AvgIpc) is 2.91. The van der Waals surface area contributed by atoms with Crippen LogP contribution in [0.3, 0.4) is 0 Å². The van der Waals surface area contributed by atoms with E-state index in [9.17, 15) is 4.79 Å². The van der Waals surface area contributed by atoms with Crippen molar-refractivity contribution in [1.29, 1.82) is 5.26 Å². The Morgan fingerprint density at radius 2 is 1.78 bits per heavy atom. The predicted octanol–water partition coefficient (Wildman–Crippen LogP) is 5.02. The van der Waals surface area contributed by atoms with Crippen molar-refractivity contribution in [3.8, 4) is 11.8 Å². The van der Waals surface area contributed by atoms with Gasteiger partial charge in [-0.1, -0.05) is 54.1 Å². The van der Waals surface area contributed by atoms with E-state index in [1.165, 1.54) is 0 Å². The van der Waals surface area contributed by atoms with E-state index in [0.717, 1.165) is 33.7 Å². The van der Waals surface area contributed by atoms with Gasteiger partial charge >= 0.3 is 5.97 Å². The van der Waals surface area contributed by atoms with Crippen molar-refractivity contribution in [3.63, 3.8) is 0 Å². The summed E-state index contributed by atoms with van der Waals surface area (Å²) in [7, 11) is 1.64. The minimum absolute atomic E-state index is 0.0616. The number of aryl methyl sites for hydroxylation is 2. The van der Waals surface area contributed by atoms with E-state index in [1.54, 1.807) is 25.3 Å². The highest BCUT2D eigenvalue weighted by Crippen LogP contribution is 2.30. The fraction of sp³-hybridized carbons (Fsp3) is 0.207. The summed E-state index contributed by atoms with van der Waals surface area (Å²) in [5.41, 5.74) is 5.61. The van der Waals surface area contributed by atoms with Gasteiger partial charge in [0.15, 0.2) is 5.11 Å². The number of carbonyl (C=O) groups is 1. The van der Waals surface area contributed by atoms with Gasteiger partial charge in [-0.3, -0.25) is 0 Å². The molecule has 0 spiro atoms. The van der Waals surface area contributed by atoms with Crippen molar-refractivity contribution in [2.24, 2.45) is 0 Å². The molecule has 0 aliphatic carbocycles. The van der Waals surface area contributed by atoms with Gasteiger partial charge in [-0.05, 0) is 72.9 Å². The Morgan fingerprint density at radius 1 is 1.03 bits per heavy atom. The monoisotopic (exact) mass is 497 g/mol. The molecule has 0 fully saturated rings. The SMILES string of the molecule is COc1cccc(CCC2=C(C(=O)OCc3cccc(C#N)c3)C(c3ccc(C)cc3)NC(=S)N2)c1. The summed E-state index contributed by atoms with van der Waals surface area (Å²) >= 11 is 5.51. The second kappa shape index (κ2) is 11.5. The number of nitrogens with one attached hydrogen (secondary N) is 2.